The summed E-state index contributed by atoms with van der Waals surface area (Å²) in [5.41, 5.74) is -2.95. The molecule has 4 N–H and O–H groups in total. The average Bonchev–Trinajstić information content (AvgIpc) is 1.47. The van der Waals surface area contributed by atoms with Gasteiger partial charge in [-0.15, -0.1) is 11.8 Å². The van der Waals surface area contributed by atoms with Gasteiger partial charge in [-0.1, -0.05) is 55.8 Å². The van der Waals surface area contributed by atoms with Crippen LogP contribution >= 0.6 is 11.8 Å². The van der Waals surface area contributed by atoms with Gasteiger partial charge in [0.2, 0.25) is 17.7 Å². The summed E-state index contributed by atoms with van der Waals surface area (Å²) in [6.45, 7) is 14.8. The molecule has 0 bridgehead atoms. The number of imide groups is 2. The molecule has 0 spiro atoms. The molecule has 2 atom stereocenters. The lowest BCUT2D eigenvalue weighted by atomic mass is 9.73. The van der Waals surface area contributed by atoms with Crippen molar-refractivity contribution in [3.8, 4) is 0 Å². The van der Waals surface area contributed by atoms with Gasteiger partial charge in [0.1, 0.15) is 10.9 Å². The maximum atomic E-state index is 14.5. The number of anilines is 3. The van der Waals surface area contributed by atoms with Gasteiger partial charge in [-0.3, -0.25) is 43.9 Å². The molecule has 9 rings (SSSR count). The summed E-state index contributed by atoms with van der Waals surface area (Å²) < 4.78 is 126. The fourth-order valence-electron chi connectivity index (χ4n) is 12.0. The minimum Gasteiger partial charge on any atom is -0.380 e. The topological polar surface area (TPSA) is 235 Å². The number of allylic oxidation sites excluding steroid dienone is 2. The molecule has 4 aliphatic heterocycles. The Labute approximate surface area is 525 Å². The van der Waals surface area contributed by atoms with Crippen molar-refractivity contribution in [1.29, 1.82) is 0 Å². The lowest BCUT2D eigenvalue weighted by molar-refractivity contribution is -0.136. The first-order valence-electron chi connectivity index (χ1n) is 30.0. The molecule has 0 saturated carbocycles. The first-order chi connectivity index (χ1) is 42.7. The summed E-state index contributed by atoms with van der Waals surface area (Å²) in [7, 11) is -11.1. The van der Waals surface area contributed by atoms with Crippen LogP contribution in [0.1, 0.15) is 109 Å². The van der Waals surface area contributed by atoms with Crippen molar-refractivity contribution in [3.63, 3.8) is 0 Å². The molecule has 5 aliphatic rings. The van der Waals surface area contributed by atoms with Crippen LogP contribution in [0.5, 0.6) is 0 Å². The van der Waals surface area contributed by atoms with Crippen molar-refractivity contribution >= 4 is 84.1 Å². The maximum absolute atomic E-state index is 14.5. The second-order valence-corrected chi connectivity index (χ2v) is 28.8. The third-order valence-corrected chi connectivity index (χ3v) is 21.2. The van der Waals surface area contributed by atoms with Gasteiger partial charge in [-0.05, 0) is 136 Å². The van der Waals surface area contributed by atoms with Crippen molar-refractivity contribution in [2.45, 2.75) is 117 Å². The number of thioether (sulfide) groups is 1. The van der Waals surface area contributed by atoms with Gasteiger partial charge in [-0.25, -0.2) is 30.3 Å². The van der Waals surface area contributed by atoms with Crippen molar-refractivity contribution < 1.29 is 67.6 Å². The molecule has 4 aromatic carbocycles. The highest BCUT2D eigenvalue weighted by molar-refractivity contribution is 7.99. The third-order valence-electron chi connectivity index (χ3n) is 17.2. The molecular formula is C63H74F5N9O10S3. The number of halogens is 5. The van der Waals surface area contributed by atoms with Crippen LogP contribution in [0, 0.1) is 5.41 Å². The molecule has 1 unspecified atom stereocenters. The van der Waals surface area contributed by atoms with Gasteiger partial charge in [0.05, 0.1) is 27.4 Å². The number of piperazine rings is 2. The molecule has 19 nitrogen and oxygen atoms in total. The molecule has 484 valence electrons. The predicted octanol–water partition coefficient (Wildman–Crippen LogP) is 8.73. The number of benzene rings is 4. The molecule has 3 saturated heterocycles. The number of hydrogen-bond donors (Lipinski definition) is 4. The van der Waals surface area contributed by atoms with E-state index < -0.39 is 94.8 Å². The van der Waals surface area contributed by atoms with E-state index >= 15 is 0 Å². The van der Waals surface area contributed by atoms with E-state index in [4.69, 9.17) is 0 Å². The Kier molecular flexibility index (Phi) is 21.4. The Morgan fingerprint density at radius 2 is 1.46 bits per heavy atom. The first kappa shape index (κ1) is 67.4. The van der Waals surface area contributed by atoms with Crippen LogP contribution in [0.3, 0.4) is 0 Å². The minimum atomic E-state index is -6.18. The van der Waals surface area contributed by atoms with Gasteiger partial charge in [0.25, 0.3) is 44.0 Å². The smallest absolute Gasteiger partial charge is 0.380 e. The second-order valence-electron chi connectivity index (χ2n) is 24.1. The number of amides is 6. The molecule has 1 aliphatic carbocycles. The quantitative estimate of drug-likeness (QED) is 0.0210. The molecule has 0 radical (unpaired) electrons. The van der Waals surface area contributed by atoms with Crippen LogP contribution < -0.4 is 25.6 Å². The number of nitrogens with one attached hydrogen (secondary N) is 4. The van der Waals surface area contributed by atoms with E-state index in [1.807, 2.05) is 35.1 Å². The van der Waals surface area contributed by atoms with Crippen LogP contribution in [-0.4, -0.2) is 174 Å². The normalized spacial score (nSPS) is 19.2. The molecule has 90 heavy (non-hydrogen) atoms. The van der Waals surface area contributed by atoms with Crippen molar-refractivity contribution in [1.82, 2.24) is 29.6 Å². The number of carbonyl (C=O) groups excluding carboxylic acids is 6. The Morgan fingerprint density at radius 3 is 2.12 bits per heavy atom. The summed E-state index contributed by atoms with van der Waals surface area (Å²) in [6, 6.07) is 20.3. The van der Waals surface area contributed by atoms with Crippen molar-refractivity contribution in [2.24, 2.45) is 5.41 Å². The van der Waals surface area contributed by atoms with E-state index in [-0.39, 0.29) is 64.8 Å². The first-order valence-corrected chi connectivity index (χ1v) is 33.9. The molecule has 4 aromatic rings. The van der Waals surface area contributed by atoms with E-state index in [0.717, 1.165) is 53.4 Å². The number of rotatable bonds is 25. The molecule has 27 heteroatoms. The highest BCUT2D eigenvalue weighted by Crippen LogP contribution is 2.42. The molecular weight excluding hydrogens is 1230 g/mol. The van der Waals surface area contributed by atoms with Gasteiger partial charge in [0.15, 0.2) is 0 Å². The summed E-state index contributed by atoms with van der Waals surface area (Å²) in [5.74, 6) is -3.92. The van der Waals surface area contributed by atoms with Crippen molar-refractivity contribution in [3.05, 3.63) is 131 Å². The molecule has 4 heterocycles. The maximum Gasteiger partial charge on any atom is 0.501 e. The van der Waals surface area contributed by atoms with E-state index in [2.05, 4.69) is 56.0 Å². The van der Waals surface area contributed by atoms with E-state index in [1.54, 1.807) is 12.1 Å². The minimum absolute atomic E-state index is 0.0150. The average molecular weight is 1310 g/mol. The highest BCUT2D eigenvalue weighted by Gasteiger charge is 2.49. The zero-order chi connectivity index (χ0) is 64.7. The molecule has 3 fully saturated rings. The van der Waals surface area contributed by atoms with Crippen LogP contribution in [0.15, 0.2) is 129 Å². The van der Waals surface area contributed by atoms with Gasteiger partial charge >= 0.3 is 5.51 Å². The van der Waals surface area contributed by atoms with Crippen LogP contribution in [0.2, 0.25) is 0 Å². The number of alkyl halides is 5. The fourth-order valence-corrected chi connectivity index (χ4v) is 15.0. The van der Waals surface area contributed by atoms with Crippen LogP contribution in [0.25, 0.3) is 0 Å². The Bertz CT molecular complexity index is 3630. The Hall–Kier alpha value is -7.04. The van der Waals surface area contributed by atoms with Gasteiger partial charge in [-0.2, -0.15) is 13.2 Å². The Morgan fingerprint density at radius 1 is 0.778 bits per heavy atom. The summed E-state index contributed by atoms with van der Waals surface area (Å²) >= 11 is 1.39. The number of fused-ring (bicyclic) bond motifs is 1. The van der Waals surface area contributed by atoms with Crippen LogP contribution in [-0.2, 0) is 34.2 Å². The standard InChI is InChI=1S/C63H74F5N9O10S3/c1-41(57(64)65)14-15-43-38-62(2,3)26-24-44(43)39-75-33-35-76(36-34-75)46-18-16-42(17-19-46)58(80)72-90(86,87)48-20-21-50(53(37-48)89(84,85)63(66,67)68)69-45(40-88-47-9-5-4-6-10-47)25-28-74-31-29-73(30-32-74)27-8-13-54(78)70-51-12-7-11-49-56(51)61(83)77(60(49)82)52-22-23-55(79)71-59(52)81/h4-7,9-12,16-21,37,45,52,57,69H,1,8,13-15,22-36,38-40H2,2-3H3,(H,70,78)(H,72,80)(H,71,79,81)/t45-,52?/m1/s1. The fraction of sp³-hybridized carbons (Fsp3) is 0.460. The van der Waals surface area contributed by atoms with E-state index in [0.29, 0.717) is 90.8 Å². The number of carbonyl (C=O) groups is 6. The number of sulfonamides is 1. The molecule has 6 amide bonds. The van der Waals surface area contributed by atoms with E-state index in [9.17, 15) is 67.6 Å². The molecule has 0 aromatic heterocycles. The highest BCUT2D eigenvalue weighted by atomic mass is 32.2. The van der Waals surface area contributed by atoms with Crippen molar-refractivity contribution in [2.75, 3.05) is 93.3 Å². The number of hydrogen-bond acceptors (Lipinski definition) is 16. The SMILES string of the molecule is C=C(CCC1=C(CN2CCN(c3ccc(C(=O)NS(=O)(=O)c4ccc(N[C@H](CCN5CCN(CCCC(=O)Nc6cccc7c6C(=O)N(C6CCC(=O)NC6=O)C7=O)CC5)CSc5ccccc5)c(S(=O)(=O)C(F)(F)F)c4)cc3)CC2)CCC(C)(C)C1)C(F)F. The van der Waals surface area contributed by atoms with Crippen LogP contribution in [0.4, 0.5) is 39.0 Å². The Balaban J connectivity index is 0.786. The summed E-state index contributed by atoms with van der Waals surface area (Å²) in [4.78, 5) is 85.9. The second kappa shape index (κ2) is 28.6. The van der Waals surface area contributed by atoms with Gasteiger partial charge in [0, 0.05) is 106 Å². The summed E-state index contributed by atoms with van der Waals surface area (Å²) in [6.07, 6.45) is 1.80. The third kappa shape index (κ3) is 16.5. The van der Waals surface area contributed by atoms with E-state index in [1.165, 1.54) is 53.2 Å². The predicted molar refractivity (Wildman–Crippen MR) is 332 cm³/mol. The lowest BCUT2D eigenvalue weighted by Gasteiger charge is -2.39. The zero-order valence-corrected chi connectivity index (χ0v) is 52.5. The van der Waals surface area contributed by atoms with Gasteiger partial charge < -0.3 is 25.3 Å². The largest absolute Gasteiger partial charge is 0.501 e. The zero-order valence-electron chi connectivity index (χ0n) is 50.1. The number of nitrogens with zero attached hydrogens (tertiary/aromatic N) is 5. The summed E-state index contributed by atoms with van der Waals surface area (Å²) in [5, 5.41) is 7.89. The number of sulfone groups is 1. The monoisotopic (exact) mass is 1310 g/mol. The lowest BCUT2D eigenvalue weighted by Crippen LogP contribution is -2.54. The number of piperidine rings is 1.